The van der Waals surface area contributed by atoms with Crippen molar-refractivity contribution in [2.24, 2.45) is 0 Å². The second-order valence-corrected chi connectivity index (χ2v) is 5.14. The highest BCUT2D eigenvalue weighted by molar-refractivity contribution is 5.77. The van der Waals surface area contributed by atoms with Gasteiger partial charge in [0.1, 0.15) is 0 Å². The molecule has 0 unspecified atom stereocenters. The monoisotopic (exact) mass is 266 g/mol. The van der Waals surface area contributed by atoms with E-state index in [1.54, 1.807) is 6.07 Å². The predicted octanol–water partition coefficient (Wildman–Crippen LogP) is 1.71. The number of pyridine rings is 1. The fourth-order valence-electron chi connectivity index (χ4n) is 1.40. The molecular formula is C12H18N4O3. The Bertz CT molecular complexity index is 451. The van der Waals surface area contributed by atoms with E-state index in [0.717, 1.165) is 0 Å². The van der Waals surface area contributed by atoms with Gasteiger partial charge in [0.15, 0.2) is 6.20 Å². The molecule has 7 nitrogen and oxygen atoms in total. The Morgan fingerprint density at radius 2 is 2.11 bits per heavy atom. The molecule has 0 bridgehead atoms. The Morgan fingerprint density at radius 1 is 1.42 bits per heavy atom. The van der Waals surface area contributed by atoms with Crippen molar-refractivity contribution in [2.45, 2.75) is 32.7 Å². The number of rotatable bonds is 5. The zero-order valence-corrected chi connectivity index (χ0v) is 11.3. The van der Waals surface area contributed by atoms with Crippen molar-refractivity contribution in [1.29, 1.82) is 0 Å². The molecule has 1 aromatic heterocycles. The van der Waals surface area contributed by atoms with Crippen LogP contribution in [0.15, 0.2) is 18.3 Å². The molecule has 19 heavy (non-hydrogen) atoms. The summed E-state index contributed by atoms with van der Waals surface area (Å²) in [7, 11) is 0. The van der Waals surface area contributed by atoms with Gasteiger partial charge in [0.2, 0.25) is 5.91 Å². The summed E-state index contributed by atoms with van der Waals surface area (Å²) in [6, 6.07) is 2.88. The fourth-order valence-corrected chi connectivity index (χ4v) is 1.40. The van der Waals surface area contributed by atoms with E-state index in [1.165, 1.54) is 12.3 Å². The van der Waals surface area contributed by atoms with Gasteiger partial charge in [0, 0.05) is 24.6 Å². The van der Waals surface area contributed by atoms with E-state index in [0.29, 0.717) is 18.7 Å². The van der Waals surface area contributed by atoms with E-state index < -0.39 is 4.92 Å². The number of nitrogens with one attached hydrogen (secondary N) is 2. The largest absolute Gasteiger partial charge is 0.381 e. The van der Waals surface area contributed by atoms with Crippen LogP contribution in [-0.4, -0.2) is 27.9 Å². The molecule has 2 N–H and O–H groups in total. The molecule has 0 aliphatic heterocycles. The lowest BCUT2D eigenvalue weighted by Crippen LogP contribution is -2.41. The van der Waals surface area contributed by atoms with Gasteiger partial charge in [-0.15, -0.1) is 0 Å². The first-order chi connectivity index (χ1) is 8.78. The van der Waals surface area contributed by atoms with E-state index >= 15 is 0 Å². The molecule has 1 aromatic rings. The number of nitrogens with zero attached hydrogens (tertiary/aromatic N) is 2. The van der Waals surface area contributed by atoms with Gasteiger partial charge in [-0.25, -0.2) is 0 Å². The molecule has 0 spiro atoms. The zero-order valence-electron chi connectivity index (χ0n) is 11.3. The Hall–Kier alpha value is -2.18. The summed E-state index contributed by atoms with van der Waals surface area (Å²) in [5, 5.41) is 16.2. The Balaban J connectivity index is 2.37. The van der Waals surface area contributed by atoms with Gasteiger partial charge in [-0.3, -0.25) is 4.79 Å². The Kier molecular flexibility index (Phi) is 4.80. The molecule has 0 saturated carbocycles. The molecule has 104 valence electrons. The van der Waals surface area contributed by atoms with Crippen molar-refractivity contribution >= 4 is 17.4 Å². The van der Waals surface area contributed by atoms with Gasteiger partial charge < -0.3 is 20.7 Å². The van der Waals surface area contributed by atoms with E-state index in [9.17, 15) is 14.9 Å². The van der Waals surface area contributed by atoms with Gasteiger partial charge in [-0.2, -0.15) is 0 Å². The lowest BCUT2D eigenvalue weighted by Gasteiger charge is -2.20. The van der Waals surface area contributed by atoms with Gasteiger partial charge in [0.25, 0.3) is 0 Å². The van der Waals surface area contributed by atoms with Crippen LogP contribution in [0.3, 0.4) is 0 Å². The van der Waals surface area contributed by atoms with Crippen LogP contribution < -0.4 is 10.6 Å². The number of amides is 1. The third-order valence-electron chi connectivity index (χ3n) is 2.13. The second-order valence-electron chi connectivity index (χ2n) is 5.14. The fraction of sp³-hybridized carbons (Fsp3) is 0.500. The van der Waals surface area contributed by atoms with Gasteiger partial charge in [0.05, 0.1) is 5.69 Å². The number of anilines is 1. The minimum absolute atomic E-state index is 0.0464. The summed E-state index contributed by atoms with van der Waals surface area (Å²) in [6.45, 7) is 6.19. The summed E-state index contributed by atoms with van der Waals surface area (Å²) in [5.74, 6) is -0.245. The topological polar surface area (TPSA) is 97.2 Å². The van der Waals surface area contributed by atoms with E-state index in [4.69, 9.17) is 0 Å². The summed E-state index contributed by atoms with van der Waals surface area (Å²) in [4.78, 5) is 25.1. The van der Waals surface area contributed by atoms with E-state index in [-0.39, 0.29) is 17.3 Å². The SMILES string of the molecule is CC(C)(C)NC(=O)CCNc1ccc([N+](=O)[O-])nc1. The molecule has 1 heterocycles. The van der Waals surface area contributed by atoms with Crippen LogP contribution in [0.25, 0.3) is 0 Å². The first-order valence-electron chi connectivity index (χ1n) is 5.93. The molecule has 7 heteroatoms. The number of carbonyl (C=O) groups is 1. The molecule has 0 aliphatic carbocycles. The van der Waals surface area contributed by atoms with Gasteiger partial charge >= 0.3 is 5.82 Å². The smallest absolute Gasteiger partial charge is 0.363 e. The lowest BCUT2D eigenvalue weighted by atomic mass is 10.1. The average molecular weight is 266 g/mol. The Morgan fingerprint density at radius 3 is 2.58 bits per heavy atom. The number of aromatic nitrogens is 1. The average Bonchev–Trinajstić information content (AvgIpc) is 2.27. The van der Waals surface area contributed by atoms with Crippen LogP contribution in [0.2, 0.25) is 0 Å². The zero-order chi connectivity index (χ0) is 14.5. The summed E-state index contributed by atoms with van der Waals surface area (Å²) < 4.78 is 0. The van der Waals surface area contributed by atoms with Gasteiger partial charge in [-0.05, 0) is 36.7 Å². The number of carbonyl (C=O) groups excluding carboxylic acids is 1. The molecule has 0 radical (unpaired) electrons. The highest BCUT2D eigenvalue weighted by Gasteiger charge is 2.13. The minimum Gasteiger partial charge on any atom is -0.381 e. The van der Waals surface area contributed by atoms with Crippen molar-refractivity contribution in [1.82, 2.24) is 10.3 Å². The van der Waals surface area contributed by atoms with Crippen LogP contribution in [0.4, 0.5) is 11.5 Å². The predicted molar refractivity (Wildman–Crippen MR) is 71.9 cm³/mol. The van der Waals surface area contributed by atoms with Crippen LogP contribution in [0.5, 0.6) is 0 Å². The molecule has 0 saturated heterocycles. The molecule has 0 atom stereocenters. The number of hydrogen-bond acceptors (Lipinski definition) is 5. The maximum Gasteiger partial charge on any atom is 0.363 e. The van der Waals surface area contributed by atoms with Crippen molar-refractivity contribution in [3.63, 3.8) is 0 Å². The van der Waals surface area contributed by atoms with Crippen molar-refractivity contribution in [3.8, 4) is 0 Å². The highest BCUT2D eigenvalue weighted by Crippen LogP contribution is 2.11. The second kappa shape index (κ2) is 6.12. The molecule has 1 amide bonds. The minimum atomic E-state index is -0.555. The van der Waals surface area contributed by atoms with E-state index in [1.807, 2.05) is 20.8 Å². The van der Waals surface area contributed by atoms with Crippen LogP contribution in [0.1, 0.15) is 27.2 Å². The van der Waals surface area contributed by atoms with Crippen molar-refractivity contribution < 1.29 is 9.72 Å². The summed E-state index contributed by atoms with van der Waals surface area (Å²) in [6.07, 6.45) is 1.70. The standard InChI is InChI=1S/C12H18N4O3/c1-12(2,3)15-11(17)6-7-13-9-4-5-10(14-8-9)16(18)19/h4-5,8,13H,6-7H2,1-3H3,(H,15,17). The maximum atomic E-state index is 11.5. The van der Waals surface area contributed by atoms with Crippen LogP contribution in [-0.2, 0) is 4.79 Å². The maximum absolute atomic E-state index is 11.5. The van der Waals surface area contributed by atoms with Gasteiger partial charge in [-0.1, -0.05) is 0 Å². The Labute approximate surface area is 111 Å². The van der Waals surface area contributed by atoms with Crippen LogP contribution >= 0.6 is 0 Å². The van der Waals surface area contributed by atoms with Crippen molar-refractivity contribution in [2.75, 3.05) is 11.9 Å². The lowest BCUT2D eigenvalue weighted by molar-refractivity contribution is -0.389. The van der Waals surface area contributed by atoms with Crippen LogP contribution in [0, 0.1) is 10.1 Å². The molecule has 0 aromatic carbocycles. The first kappa shape index (κ1) is 14.9. The first-order valence-corrected chi connectivity index (χ1v) is 5.93. The highest BCUT2D eigenvalue weighted by atomic mass is 16.6. The number of nitro groups is 1. The number of hydrogen-bond donors (Lipinski definition) is 2. The molecule has 1 rings (SSSR count). The molecular weight excluding hydrogens is 248 g/mol. The summed E-state index contributed by atoms with van der Waals surface area (Å²) in [5.41, 5.74) is 0.403. The normalized spacial score (nSPS) is 10.9. The third kappa shape index (κ3) is 5.80. The third-order valence-corrected chi connectivity index (χ3v) is 2.13. The molecule has 0 aliphatic rings. The van der Waals surface area contributed by atoms with Crippen molar-refractivity contribution in [3.05, 3.63) is 28.4 Å². The quantitative estimate of drug-likeness (QED) is 0.624. The van der Waals surface area contributed by atoms with E-state index in [2.05, 4.69) is 15.6 Å². The molecule has 0 fully saturated rings. The summed E-state index contributed by atoms with van der Waals surface area (Å²) >= 11 is 0.